The molecule has 142 valence electrons. The van der Waals surface area contributed by atoms with Crippen LogP contribution in [0, 0.1) is 0 Å². The largest absolute Gasteiger partial charge is 0.507 e. The van der Waals surface area contributed by atoms with Gasteiger partial charge in [-0.1, -0.05) is 53.3 Å². The summed E-state index contributed by atoms with van der Waals surface area (Å²) in [5, 5.41) is 10.8. The normalized spacial score (nSPS) is 17.1. The minimum atomic E-state index is -0.651. The van der Waals surface area contributed by atoms with Gasteiger partial charge in [0.05, 0.1) is 17.9 Å². The van der Waals surface area contributed by atoms with Crippen LogP contribution in [0.25, 0.3) is 6.08 Å². The van der Waals surface area contributed by atoms with E-state index >= 15 is 0 Å². The Hall–Kier alpha value is -1.95. The number of aromatic hydroxyl groups is 1. The number of hydrogen-bond acceptors (Lipinski definition) is 5. The molecule has 6 heteroatoms. The van der Waals surface area contributed by atoms with Crippen molar-refractivity contribution in [2.24, 2.45) is 0 Å². The van der Waals surface area contributed by atoms with E-state index in [1.54, 1.807) is 6.08 Å². The van der Waals surface area contributed by atoms with Gasteiger partial charge in [-0.2, -0.15) is 0 Å². The lowest BCUT2D eigenvalue weighted by molar-refractivity contribution is -0.123. The topological polar surface area (TPSA) is 66.8 Å². The van der Waals surface area contributed by atoms with E-state index in [1.807, 2.05) is 53.7 Å². The van der Waals surface area contributed by atoms with Gasteiger partial charge in [-0.25, -0.2) is 9.69 Å². The predicted octanol–water partition coefficient (Wildman–Crippen LogP) is 4.63. The number of amides is 2. The lowest BCUT2D eigenvalue weighted by Crippen LogP contribution is -2.31. The molecule has 1 aliphatic heterocycles. The van der Waals surface area contributed by atoms with Crippen molar-refractivity contribution >= 4 is 29.8 Å². The molecule has 0 aromatic heterocycles. The Labute approximate surface area is 159 Å². The zero-order chi connectivity index (χ0) is 19.9. The van der Waals surface area contributed by atoms with Crippen molar-refractivity contribution in [3.8, 4) is 5.75 Å². The summed E-state index contributed by atoms with van der Waals surface area (Å²) < 4.78 is 4.64. The molecule has 1 aromatic carbocycles. The van der Waals surface area contributed by atoms with Crippen molar-refractivity contribution in [2.75, 3.05) is 13.0 Å². The number of methoxy groups -OCH3 is 1. The third kappa shape index (κ3) is 4.06. The van der Waals surface area contributed by atoms with Crippen LogP contribution in [0.5, 0.6) is 5.75 Å². The average Bonchev–Trinajstić information content (AvgIpc) is 2.87. The van der Waals surface area contributed by atoms with Gasteiger partial charge in [-0.15, -0.1) is 0 Å². The number of benzene rings is 1. The fourth-order valence-corrected chi connectivity index (χ4v) is 3.72. The van der Waals surface area contributed by atoms with E-state index in [1.165, 1.54) is 18.9 Å². The van der Waals surface area contributed by atoms with Crippen LogP contribution in [0.2, 0.25) is 0 Å². The number of carbonyl (C=O) groups is 2. The number of nitrogens with zero attached hydrogens (tertiary/aromatic N) is 1. The molecule has 1 saturated heterocycles. The third-order valence-electron chi connectivity index (χ3n) is 4.25. The first kappa shape index (κ1) is 20.4. The van der Waals surface area contributed by atoms with Crippen LogP contribution in [-0.4, -0.2) is 35.0 Å². The molecular weight excluding hydrogens is 350 g/mol. The highest BCUT2D eigenvalue weighted by Gasteiger charge is 2.33. The second-order valence-electron chi connectivity index (χ2n) is 8.45. The highest BCUT2D eigenvalue weighted by molar-refractivity contribution is 8.04. The Bertz CT molecular complexity index is 734. The molecule has 0 atom stereocenters. The maximum Gasteiger partial charge on any atom is 0.417 e. The standard InChI is InChI=1S/C20H27NO4S/c1-19(2,3)13-8-12(9-14(16(13)22)20(4,5)6)10-15-17(23)21(11-26-15)18(24)25-7/h8-10,22H,11H2,1-7H3. The molecule has 2 amide bonds. The number of rotatable bonds is 1. The summed E-state index contributed by atoms with van der Waals surface area (Å²) in [5.41, 5.74) is 2.00. The summed E-state index contributed by atoms with van der Waals surface area (Å²) in [5.74, 6) is 0.187. The lowest BCUT2D eigenvalue weighted by Gasteiger charge is -2.28. The lowest BCUT2D eigenvalue weighted by atomic mass is 9.78. The number of thioether (sulfide) groups is 1. The number of ether oxygens (including phenoxy) is 1. The van der Waals surface area contributed by atoms with Crippen LogP contribution in [0.3, 0.4) is 0 Å². The molecular formula is C20H27NO4S. The van der Waals surface area contributed by atoms with Gasteiger partial charge in [0.25, 0.3) is 5.91 Å². The molecule has 0 unspecified atom stereocenters. The molecule has 0 saturated carbocycles. The Balaban J connectivity index is 2.54. The molecule has 2 rings (SSSR count). The first-order chi connectivity index (χ1) is 11.9. The number of carbonyl (C=O) groups excluding carboxylic acids is 2. The number of phenols is 1. The van der Waals surface area contributed by atoms with Gasteiger partial charge in [0.2, 0.25) is 0 Å². The minimum Gasteiger partial charge on any atom is -0.507 e. The highest BCUT2D eigenvalue weighted by atomic mass is 32.2. The van der Waals surface area contributed by atoms with Gasteiger partial charge < -0.3 is 9.84 Å². The SMILES string of the molecule is COC(=O)N1CSC(=Cc2cc(C(C)(C)C)c(O)c(C(C)(C)C)c2)C1=O. The molecule has 1 aromatic rings. The number of imide groups is 1. The van der Waals surface area contributed by atoms with E-state index in [4.69, 9.17) is 0 Å². The van der Waals surface area contributed by atoms with Crippen molar-refractivity contribution in [2.45, 2.75) is 52.4 Å². The number of hydrogen-bond donors (Lipinski definition) is 1. The fraction of sp³-hybridized carbons (Fsp3) is 0.500. The summed E-state index contributed by atoms with van der Waals surface area (Å²) in [6, 6.07) is 3.82. The molecule has 0 bridgehead atoms. The zero-order valence-electron chi connectivity index (χ0n) is 16.5. The van der Waals surface area contributed by atoms with E-state index in [0.717, 1.165) is 21.6 Å². The summed E-state index contributed by atoms with van der Waals surface area (Å²) in [6.07, 6.45) is 1.13. The molecule has 0 radical (unpaired) electrons. The average molecular weight is 378 g/mol. The Morgan fingerprint density at radius 2 is 1.65 bits per heavy atom. The maximum atomic E-state index is 12.4. The smallest absolute Gasteiger partial charge is 0.417 e. The van der Waals surface area contributed by atoms with Crippen molar-refractivity contribution in [3.63, 3.8) is 0 Å². The van der Waals surface area contributed by atoms with E-state index in [0.29, 0.717) is 10.7 Å². The molecule has 0 aliphatic carbocycles. The van der Waals surface area contributed by atoms with Crippen LogP contribution in [-0.2, 0) is 20.4 Å². The van der Waals surface area contributed by atoms with Gasteiger partial charge in [0, 0.05) is 11.1 Å². The van der Waals surface area contributed by atoms with Gasteiger partial charge >= 0.3 is 6.09 Å². The molecule has 5 nitrogen and oxygen atoms in total. The Morgan fingerprint density at radius 1 is 1.15 bits per heavy atom. The van der Waals surface area contributed by atoms with Gasteiger partial charge in [0.15, 0.2) is 0 Å². The van der Waals surface area contributed by atoms with Crippen molar-refractivity contribution in [1.82, 2.24) is 4.90 Å². The molecule has 1 fully saturated rings. The summed E-state index contributed by atoms with van der Waals surface area (Å²) in [6.45, 7) is 12.2. The van der Waals surface area contributed by atoms with Gasteiger partial charge in [-0.05, 0) is 34.6 Å². The van der Waals surface area contributed by atoms with Crippen molar-refractivity contribution in [1.29, 1.82) is 0 Å². The van der Waals surface area contributed by atoms with Gasteiger partial charge in [-0.3, -0.25) is 4.79 Å². The Kier molecular flexibility index (Phi) is 5.47. The second-order valence-corrected chi connectivity index (χ2v) is 9.44. The molecule has 1 aliphatic rings. The quantitative estimate of drug-likeness (QED) is 0.723. The van der Waals surface area contributed by atoms with Crippen LogP contribution in [0.4, 0.5) is 4.79 Å². The Morgan fingerprint density at radius 3 is 2.08 bits per heavy atom. The van der Waals surface area contributed by atoms with Crippen LogP contribution in [0.1, 0.15) is 58.2 Å². The van der Waals surface area contributed by atoms with Crippen LogP contribution >= 0.6 is 11.8 Å². The predicted molar refractivity (Wildman–Crippen MR) is 105 cm³/mol. The molecule has 1 N–H and O–H groups in total. The summed E-state index contributed by atoms with van der Waals surface area (Å²) in [7, 11) is 1.26. The molecule has 26 heavy (non-hydrogen) atoms. The first-order valence-electron chi connectivity index (χ1n) is 8.48. The second kappa shape index (κ2) is 6.99. The van der Waals surface area contributed by atoms with E-state index < -0.39 is 6.09 Å². The van der Waals surface area contributed by atoms with E-state index in [-0.39, 0.29) is 22.6 Å². The first-order valence-corrected chi connectivity index (χ1v) is 9.47. The molecule has 0 spiro atoms. The van der Waals surface area contributed by atoms with Crippen molar-refractivity contribution in [3.05, 3.63) is 33.7 Å². The van der Waals surface area contributed by atoms with Crippen LogP contribution in [0.15, 0.2) is 17.0 Å². The summed E-state index contributed by atoms with van der Waals surface area (Å²) in [4.78, 5) is 25.6. The van der Waals surface area contributed by atoms with E-state index in [2.05, 4.69) is 4.74 Å². The monoisotopic (exact) mass is 377 g/mol. The molecule has 1 heterocycles. The minimum absolute atomic E-state index is 0.244. The maximum absolute atomic E-state index is 12.4. The van der Waals surface area contributed by atoms with E-state index in [9.17, 15) is 14.7 Å². The van der Waals surface area contributed by atoms with Crippen LogP contribution < -0.4 is 0 Å². The third-order valence-corrected chi connectivity index (χ3v) is 5.24. The fourth-order valence-electron chi connectivity index (χ4n) is 2.77. The number of phenolic OH excluding ortho intramolecular Hbond substituents is 1. The zero-order valence-corrected chi connectivity index (χ0v) is 17.3. The highest BCUT2D eigenvalue weighted by Crippen LogP contribution is 2.41. The summed E-state index contributed by atoms with van der Waals surface area (Å²) >= 11 is 1.30. The van der Waals surface area contributed by atoms with Gasteiger partial charge in [0.1, 0.15) is 5.75 Å². The van der Waals surface area contributed by atoms with Crippen molar-refractivity contribution < 1.29 is 19.4 Å².